The number of morpholine rings is 1. The van der Waals surface area contributed by atoms with Crippen LogP contribution in [0.3, 0.4) is 0 Å². The summed E-state index contributed by atoms with van der Waals surface area (Å²) in [4.78, 5) is 12.7. The van der Waals surface area contributed by atoms with Gasteiger partial charge in [-0.25, -0.2) is 0 Å². The molecular weight excluding hydrogens is 250 g/mol. The second-order valence-electron chi connectivity index (χ2n) is 4.21. The van der Waals surface area contributed by atoms with Gasteiger partial charge >= 0.3 is 0 Å². The summed E-state index contributed by atoms with van der Waals surface area (Å²) in [5.41, 5.74) is 1.32. The van der Waals surface area contributed by atoms with E-state index in [-0.39, 0.29) is 17.2 Å². The summed E-state index contributed by atoms with van der Waals surface area (Å²) in [6, 6.07) is 5.02. The third-order valence-electron chi connectivity index (χ3n) is 2.96. The van der Waals surface area contributed by atoms with E-state index in [4.69, 9.17) is 9.84 Å². The Bertz CT molecular complexity index is 447. The van der Waals surface area contributed by atoms with Gasteiger partial charge < -0.3 is 20.1 Å². The number of aliphatic hydroxyl groups is 1. The second-order valence-corrected chi connectivity index (χ2v) is 4.21. The molecule has 19 heavy (non-hydrogen) atoms. The molecule has 1 aromatic rings. The van der Waals surface area contributed by atoms with Crippen molar-refractivity contribution in [1.82, 2.24) is 0 Å². The molecule has 2 N–H and O–H groups in total. The topological polar surface area (TPSA) is 87.9 Å². The van der Waals surface area contributed by atoms with Gasteiger partial charge in [-0.05, 0) is 12.1 Å². The van der Waals surface area contributed by atoms with Crippen LogP contribution in [-0.2, 0) is 4.74 Å². The molecule has 1 heterocycles. The number of anilines is 2. The molecule has 1 aromatic carbocycles. The van der Waals surface area contributed by atoms with Crippen LogP contribution in [0.1, 0.15) is 0 Å². The first-order chi connectivity index (χ1) is 9.22. The third kappa shape index (κ3) is 3.33. The quantitative estimate of drug-likeness (QED) is 0.607. The molecule has 0 radical (unpaired) electrons. The van der Waals surface area contributed by atoms with Crippen LogP contribution >= 0.6 is 0 Å². The van der Waals surface area contributed by atoms with Crippen LogP contribution in [0.25, 0.3) is 0 Å². The summed E-state index contributed by atoms with van der Waals surface area (Å²) < 4.78 is 5.25. The number of nitro groups is 1. The van der Waals surface area contributed by atoms with Crippen LogP contribution in [0.4, 0.5) is 17.1 Å². The summed E-state index contributed by atoms with van der Waals surface area (Å²) in [6.45, 7) is 2.84. The summed E-state index contributed by atoms with van der Waals surface area (Å²) >= 11 is 0. The number of nitrogens with one attached hydrogen (secondary N) is 1. The number of hydrogen-bond acceptors (Lipinski definition) is 6. The van der Waals surface area contributed by atoms with Crippen LogP contribution in [0.5, 0.6) is 0 Å². The zero-order valence-corrected chi connectivity index (χ0v) is 10.5. The van der Waals surface area contributed by atoms with Crippen molar-refractivity contribution >= 4 is 17.1 Å². The lowest BCUT2D eigenvalue weighted by Crippen LogP contribution is -2.36. The molecule has 1 aliphatic rings. The standard InChI is InChI=1S/C12H17N3O4/c16-6-3-13-10-1-2-11(12(9-10)15(17)18)14-4-7-19-8-5-14/h1-2,9,13,16H,3-8H2. The van der Waals surface area contributed by atoms with Crippen molar-refractivity contribution in [2.75, 3.05) is 49.7 Å². The van der Waals surface area contributed by atoms with Crippen LogP contribution < -0.4 is 10.2 Å². The minimum atomic E-state index is -0.380. The zero-order valence-electron chi connectivity index (χ0n) is 10.5. The first-order valence-electron chi connectivity index (χ1n) is 6.18. The van der Waals surface area contributed by atoms with Crippen LogP contribution in [0.2, 0.25) is 0 Å². The third-order valence-corrected chi connectivity index (χ3v) is 2.96. The van der Waals surface area contributed by atoms with Crippen LogP contribution in [0, 0.1) is 10.1 Å². The Morgan fingerprint density at radius 1 is 1.42 bits per heavy atom. The molecule has 0 bridgehead atoms. The van der Waals surface area contributed by atoms with Crippen molar-refractivity contribution in [3.8, 4) is 0 Å². The van der Waals surface area contributed by atoms with E-state index in [0.29, 0.717) is 44.2 Å². The van der Waals surface area contributed by atoms with Gasteiger partial charge in [0, 0.05) is 31.4 Å². The molecule has 1 fully saturated rings. The molecule has 2 rings (SSSR count). The second kappa shape index (κ2) is 6.35. The molecule has 0 aromatic heterocycles. The monoisotopic (exact) mass is 267 g/mol. The zero-order chi connectivity index (χ0) is 13.7. The molecule has 0 atom stereocenters. The number of hydrogen-bond donors (Lipinski definition) is 2. The van der Waals surface area contributed by atoms with E-state index in [9.17, 15) is 10.1 Å². The molecule has 0 saturated carbocycles. The van der Waals surface area contributed by atoms with Crippen LogP contribution in [-0.4, -0.2) is 49.5 Å². The van der Waals surface area contributed by atoms with Gasteiger partial charge in [0.2, 0.25) is 0 Å². The Balaban J connectivity index is 2.24. The molecule has 104 valence electrons. The fraction of sp³-hybridized carbons (Fsp3) is 0.500. The van der Waals surface area contributed by atoms with Gasteiger partial charge in [0.15, 0.2) is 0 Å². The predicted molar refractivity (Wildman–Crippen MR) is 71.7 cm³/mol. The maximum absolute atomic E-state index is 11.2. The smallest absolute Gasteiger partial charge is 0.294 e. The Morgan fingerprint density at radius 3 is 2.79 bits per heavy atom. The molecule has 7 heteroatoms. The summed E-state index contributed by atoms with van der Waals surface area (Å²) in [5, 5.41) is 22.8. The number of benzene rings is 1. The highest BCUT2D eigenvalue weighted by molar-refractivity contribution is 5.69. The molecule has 7 nitrogen and oxygen atoms in total. The molecule has 0 unspecified atom stereocenters. The maximum Gasteiger partial charge on any atom is 0.294 e. The normalized spacial score (nSPS) is 15.3. The van der Waals surface area contributed by atoms with E-state index < -0.39 is 0 Å². The fourth-order valence-electron chi connectivity index (χ4n) is 2.05. The summed E-state index contributed by atoms with van der Waals surface area (Å²) in [5.74, 6) is 0. The van der Waals surface area contributed by atoms with E-state index in [0.717, 1.165) is 0 Å². The average Bonchev–Trinajstić information content (AvgIpc) is 2.45. The van der Waals surface area contributed by atoms with Gasteiger partial charge in [-0.15, -0.1) is 0 Å². The highest BCUT2D eigenvalue weighted by Gasteiger charge is 2.21. The largest absolute Gasteiger partial charge is 0.395 e. The van der Waals surface area contributed by atoms with E-state index in [1.165, 1.54) is 6.07 Å². The van der Waals surface area contributed by atoms with E-state index in [1.54, 1.807) is 12.1 Å². The molecular formula is C12H17N3O4. The van der Waals surface area contributed by atoms with Gasteiger partial charge in [-0.2, -0.15) is 0 Å². The minimum Gasteiger partial charge on any atom is -0.395 e. The highest BCUT2D eigenvalue weighted by Crippen LogP contribution is 2.31. The van der Waals surface area contributed by atoms with Gasteiger partial charge in [0.25, 0.3) is 5.69 Å². The number of nitrogens with zero attached hydrogens (tertiary/aromatic N) is 2. The lowest BCUT2D eigenvalue weighted by atomic mass is 10.2. The van der Waals surface area contributed by atoms with Gasteiger partial charge in [0.05, 0.1) is 24.7 Å². The van der Waals surface area contributed by atoms with E-state index >= 15 is 0 Å². The Kier molecular flexibility index (Phi) is 4.53. The molecule has 0 aliphatic carbocycles. The maximum atomic E-state index is 11.2. The number of aliphatic hydroxyl groups excluding tert-OH is 1. The molecule has 0 amide bonds. The lowest BCUT2D eigenvalue weighted by Gasteiger charge is -2.28. The first kappa shape index (κ1) is 13.6. The molecule has 1 saturated heterocycles. The van der Waals surface area contributed by atoms with Crippen molar-refractivity contribution in [3.05, 3.63) is 28.3 Å². The highest BCUT2D eigenvalue weighted by atomic mass is 16.6. The van der Waals surface area contributed by atoms with E-state index in [1.807, 2.05) is 4.90 Å². The number of nitro benzene ring substituents is 1. The van der Waals surface area contributed by atoms with Crippen LogP contribution in [0.15, 0.2) is 18.2 Å². The van der Waals surface area contributed by atoms with Gasteiger partial charge in [-0.1, -0.05) is 0 Å². The summed E-state index contributed by atoms with van der Waals surface area (Å²) in [7, 11) is 0. The van der Waals surface area contributed by atoms with Gasteiger partial charge in [0.1, 0.15) is 5.69 Å². The summed E-state index contributed by atoms with van der Waals surface area (Å²) in [6.07, 6.45) is 0. The lowest BCUT2D eigenvalue weighted by molar-refractivity contribution is -0.384. The predicted octanol–water partition coefficient (Wildman–Crippen LogP) is 0.836. The Labute approximate surface area is 110 Å². The van der Waals surface area contributed by atoms with E-state index in [2.05, 4.69) is 5.32 Å². The van der Waals surface area contributed by atoms with Crippen molar-refractivity contribution < 1.29 is 14.8 Å². The average molecular weight is 267 g/mol. The van der Waals surface area contributed by atoms with Crippen molar-refractivity contribution in [3.63, 3.8) is 0 Å². The fourth-order valence-corrected chi connectivity index (χ4v) is 2.05. The molecule has 1 aliphatic heterocycles. The Morgan fingerprint density at radius 2 is 2.16 bits per heavy atom. The first-order valence-corrected chi connectivity index (χ1v) is 6.18. The minimum absolute atomic E-state index is 0.0149. The van der Waals surface area contributed by atoms with Crippen molar-refractivity contribution in [2.24, 2.45) is 0 Å². The number of ether oxygens (including phenoxy) is 1. The van der Waals surface area contributed by atoms with Crippen molar-refractivity contribution in [2.45, 2.75) is 0 Å². The van der Waals surface area contributed by atoms with Crippen molar-refractivity contribution in [1.29, 1.82) is 0 Å². The Hall–Kier alpha value is -1.86. The number of rotatable bonds is 5. The molecule has 0 spiro atoms. The SMILES string of the molecule is O=[N+]([O-])c1cc(NCCO)ccc1N1CCOCC1. The van der Waals surface area contributed by atoms with Gasteiger partial charge in [-0.3, -0.25) is 10.1 Å².